The predicted molar refractivity (Wildman–Crippen MR) is 84.6 cm³/mol. The first-order chi connectivity index (χ1) is 10.4. The number of aromatic nitrogens is 1. The molecule has 1 fully saturated rings. The minimum Gasteiger partial charge on any atom is -0.348 e. The molecule has 2 rings (SSSR count). The van der Waals surface area contributed by atoms with Crippen molar-refractivity contribution in [2.75, 3.05) is 19.3 Å². The number of piperidine rings is 1. The molecular weight excluding hydrogens is 302 g/mol. The van der Waals surface area contributed by atoms with Gasteiger partial charge in [0.1, 0.15) is 0 Å². The van der Waals surface area contributed by atoms with Crippen molar-refractivity contribution >= 4 is 15.9 Å². The van der Waals surface area contributed by atoms with Gasteiger partial charge in [-0.05, 0) is 37.8 Å². The van der Waals surface area contributed by atoms with Crippen molar-refractivity contribution in [1.82, 2.24) is 14.6 Å². The van der Waals surface area contributed by atoms with Crippen LogP contribution in [0, 0.1) is 5.92 Å². The van der Waals surface area contributed by atoms with Gasteiger partial charge in [0.2, 0.25) is 15.9 Å². The molecule has 1 aromatic heterocycles. The monoisotopic (exact) mass is 325 g/mol. The van der Waals surface area contributed by atoms with Crippen molar-refractivity contribution in [1.29, 1.82) is 0 Å². The van der Waals surface area contributed by atoms with Crippen molar-refractivity contribution in [3.05, 3.63) is 30.1 Å². The van der Waals surface area contributed by atoms with E-state index in [4.69, 9.17) is 0 Å². The second kappa shape index (κ2) is 7.19. The largest absolute Gasteiger partial charge is 0.348 e. The highest BCUT2D eigenvalue weighted by Gasteiger charge is 2.26. The number of amides is 1. The molecule has 0 aliphatic carbocycles. The zero-order valence-corrected chi connectivity index (χ0v) is 13.8. The number of nitrogens with zero attached hydrogens (tertiary/aromatic N) is 2. The van der Waals surface area contributed by atoms with E-state index in [0.29, 0.717) is 19.5 Å². The molecule has 0 spiro atoms. The maximum Gasteiger partial charge on any atom is 0.220 e. The number of hydrogen-bond acceptors (Lipinski definition) is 4. The molecule has 0 bridgehead atoms. The number of sulfonamides is 1. The maximum atomic E-state index is 12.1. The highest BCUT2D eigenvalue weighted by Crippen LogP contribution is 2.22. The summed E-state index contributed by atoms with van der Waals surface area (Å²) < 4.78 is 24.4. The van der Waals surface area contributed by atoms with Crippen LogP contribution in [0.1, 0.15) is 37.9 Å². The molecule has 2 heterocycles. The minimum atomic E-state index is -3.11. The first-order valence-electron chi connectivity index (χ1n) is 7.51. The van der Waals surface area contributed by atoms with Crippen LogP contribution in [0.5, 0.6) is 0 Å². The van der Waals surface area contributed by atoms with Crippen LogP contribution in [0.25, 0.3) is 0 Å². The first-order valence-corrected chi connectivity index (χ1v) is 9.36. The van der Waals surface area contributed by atoms with E-state index in [1.54, 1.807) is 6.20 Å². The van der Waals surface area contributed by atoms with E-state index < -0.39 is 10.0 Å². The normalized spacial score (nSPS) is 18.8. The third-order valence-electron chi connectivity index (χ3n) is 4.03. The van der Waals surface area contributed by atoms with Gasteiger partial charge >= 0.3 is 0 Å². The smallest absolute Gasteiger partial charge is 0.220 e. The van der Waals surface area contributed by atoms with Crippen molar-refractivity contribution in [2.24, 2.45) is 5.92 Å². The van der Waals surface area contributed by atoms with Gasteiger partial charge in [-0.3, -0.25) is 9.78 Å². The summed E-state index contributed by atoms with van der Waals surface area (Å²) in [5, 5.41) is 2.95. The molecule has 0 aromatic carbocycles. The van der Waals surface area contributed by atoms with E-state index in [9.17, 15) is 13.2 Å². The molecule has 1 saturated heterocycles. The molecule has 1 atom stereocenters. The van der Waals surface area contributed by atoms with Crippen LogP contribution >= 0.6 is 0 Å². The molecule has 0 saturated carbocycles. The lowest BCUT2D eigenvalue weighted by atomic mass is 9.94. The standard InChI is InChI=1S/C15H23N3O3S/c1-12(14-5-3-4-8-16-14)17-15(19)11-13-6-9-18(10-7-13)22(2,20)21/h3-5,8,12-13H,6-7,9-11H2,1-2H3,(H,17,19). The third-order valence-corrected chi connectivity index (χ3v) is 5.33. The van der Waals surface area contributed by atoms with Gasteiger partial charge in [-0.2, -0.15) is 0 Å². The molecule has 7 heteroatoms. The van der Waals surface area contributed by atoms with Crippen molar-refractivity contribution < 1.29 is 13.2 Å². The molecule has 1 N–H and O–H groups in total. The van der Waals surface area contributed by atoms with Gasteiger partial charge in [-0.15, -0.1) is 0 Å². The van der Waals surface area contributed by atoms with Crippen LogP contribution in [0.4, 0.5) is 0 Å². The fourth-order valence-electron chi connectivity index (χ4n) is 2.71. The van der Waals surface area contributed by atoms with Crippen LogP contribution in [0.15, 0.2) is 24.4 Å². The van der Waals surface area contributed by atoms with E-state index in [0.717, 1.165) is 18.5 Å². The summed E-state index contributed by atoms with van der Waals surface area (Å²) in [7, 11) is -3.11. The highest BCUT2D eigenvalue weighted by atomic mass is 32.2. The quantitative estimate of drug-likeness (QED) is 0.885. The summed E-state index contributed by atoms with van der Waals surface area (Å²) in [5.41, 5.74) is 0.836. The number of nitrogens with one attached hydrogen (secondary N) is 1. The molecule has 22 heavy (non-hydrogen) atoms. The van der Waals surface area contributed by atoms with E-state index in [1.807, 2.05) is 25.1 Å². The van der Waals surface area contributed by atoms with Gasteiger partial charge in [0, 0.05) is 25.7 Å². The van der Waals surface area contributed by atoms with Gasteiger partial charge in [-0.1, -0.05) is 6.07 Å². The number of carbonyl (C=O) groups excluding carboxylic acids is 1. The SMILES string of the molecule is CC(NC(=O)CC1CCN(S(C)(=O)=O)CC1)c1ccccn1. The molecule has 1 aromatic rings. The molecule has 1 aliphatic rings. The van der Waals surface area contributed by atoms with Crippen LogP contribution in [-0.4, -0.2) is 43.0 Å². The van der Waals surface area contributed by atoms with Gasteiger partial charge in [0.25, 0.3) is 0 Å². The van der Waals surface area contributed by atoms with Gasteiger partial charge in [0.15, 0.2) is 0 Å². The Labute approximate surface area is 132 Å². The van der Waals surface area contributed by atoms with Crippen molar-refractivity contribution in [2.45, 2.75) is 32.2 Å². The second-order valence-corrected chi connectivity index (χ2v) is 7.84. The number of hydrogen-bond donors (Lipinski definition) is 1. The summed E-state index contributed by atoms with van der Waals surface area (Å²) in [6, 6.07) is 5.50. The average Bonchev–Trinajstić information content (AvgIpc) is 2.47. The van der Waals surface area contributed by atoms with Crippen molar-refractivity contribution in [3.63, 3.8) is 0 Å². The zero-order chi connectivity index (χ0) is 16.2. The Morgan fingerprint density at radius 1 is 1.41 bits per heavy atom. The van der Waals surface area contributed by atoms with Crippen LogP contribution in [0.3, 0.4) is 0 Å². The summed E-state index contributed by atoms with van der Waals surface area (Å²) in [6.07, 6.45) is 4.85. The average molecular weight is 325 g/mol. The fraction of sp³-hybridized carbons (Fsp3) is 0.600. The van der Waals surface area contributed by atoms with E-state index in [-0.39, 0.29) is 17.9 Å². The molecule has 1 aliphatic heterocycles. The summed E-state index contributed by atoms with van der Waals surface area (Å²) in [6.45, 7) is 2.92. The predicted octanol–water partition coefficient (Wildman–Crippen LogP) is 1.32. The van der Waals surface area contributed by atoms with Gasteiger partial charge in [-0.25, -0.2) is 12.7 Å². The Hall–Kier alpha value is -1.47. The Balaban J connectivity index is 1.79. The molecular formula is C15H23N3O3S. The summed E-state index contributed by atoms with van der Waals surface area (Å²) >= 11 is 0. The fourth-order valence-corrected chi connectivity index (χ4v) is 3.59. The molecule has 1 unspecified atom stereocenters. The Morgan fingerprint density at radius 3 is 2.64 bits per heavy atom. The molecule has 6 nitrogen and oxygen atoms in total. The molecule has 122 valence electrons. The highest BCUT2D eigenvalue weighted by molar-refractivity contribution is 7.88. The number of carbonyl (C=O) groups is 1. The van der Waals surface area contributed by atoms with Gasteiger partial charge in [0.05, 0.1) is 18.0 Å². The maximum absolute atomic E-state index is 12.1. The number of pyridine rings is 1. The Bertz CT molecular complexity index is 596. The zero-order valence-electron chi connectivity index (χ0n) is 13.0. The Morgan fingerprint density at radius 2 is 2.09 bits per heavy atom. The summed E-state index contributed by atoms with van der Waals surface area (Å²) in [5.74, 6) is 0.241. The second-order valence-electron chi connectivity index (χ2n) is 5.85. The third kappa shape index (κ3) is 4.78. The van der Waals surface area contributed by atoms with Crippen LogP contribution < -0.4 is 5.32 Å². The van der Waals surface area contributed by atoms with Crippen LogP contribution in [0.2, 0.25) is 0 Å². The van der Waals surface area contributed by atoms with Crippen molar-refractivity contribution in [3.8, 4) is 0 Å². The first kappa shape index (κ1) is 16.9. The molecule has 1 amide bonds. The van der Waals surface area contributed by atoms with Crippen LogP contribution in [-0.2, 0) is 14.8 Å². The molecule has 0 radical (unpaired) electrons. The Kier molecular flexibility index (Phi) is 5.52. The van der Waals surface area contributed by atoms with E-state index >= 15 is 0 Å². The lowest BCUT2D eigenvalue weighted by molar-refractivity contribution is -0.122. The topological polar surface area (TPSA) is 79.4 Å². The lowest BCUT2D eigenvalue weighted by Crippen LogP contribution is -2.39. The summed E-state index contributed by atoms with van der Waals surface area (Å²) in [4.78, 5) is 16.3. The van der Waals surface area contributed by atoms with E-state index in [2.05, 4.69) is 10.3 Å². The lowest BCUT2D eigenvalue weighted by Gasteiger charge is -2.30. The van der Waals surface area contributed by atoms with Gasteiger partial charge < -0.3 is 5.32 Å². The van der Waals surface area contributed by atoms with E-state index in [1.165, 1.54) is 10.6 Å². The minimum absolute atomic E-state index is 0.00374. The number of rotatable bonds is 5.